The van der Waals surface area contributed by atoms with Crippen LogP contribution in [-0.2, 0) is 15.1 Å². The molecule has 4 rings (SSSR count). The maximum Gasteiger partial charge on any atom is 0.254 e. The first-order valence-electron chi connectivity index (χ1n) is 10.7. The minimum Gasteiger partial charge on any atom is -0.496 e. The van der Waals surface area contributed by atoms with E-state index in [0.717, 1.165) is 5.69 Å². The number of halogens is 1. The van der Waals surface area contributed by atoms with E-state index < -0.39 is 17.7 Å². The van der Waals surface area contributed by atoms with E-state index in [-0.39, 0.29) is 24.8 Å². The molecule has 8 nitrogen and oxygen atoms in total. The number of likely N-dealkylation sites (N-methyl/N-ethyl adjacent to an activating group) is 1. The van der Waals surface area contributed by atoms with Crippen molar-refractivity contribution in [3.63, 3.8) is 0 Å². The minimum absolute atomic E-state index is 0.138. The third-order valence-electron chi connectivity index (χ3n) is 6.47. The Morgan fingerprint density at radius 3 is 2.55 bits per heavy atom. The number of likely N-dealkylation sites (tertiary alicyclic amines) is 1. The molecule has 176 valence electrons. The highest BCUT2D eigenvalue weighted by Gasteiger charge is 2.59. The minimum atomic E-state index is -1.43. The first-order valence-corrected chi connectivity index (χ1v) is 11.1. The van der Waals surface area contributed by atoms with E-state index in [1.165, 1.54) is 4.90 Å². The van der Waals surface area contributed by atoms with Crippen molar-refractivity contribution >= 4 is 34.8 Å². The number of rotatable bonds is 5. The highest BCUT2D eigenvalue weighted by atomic mass is 35.5. The summed E-state index contributed by atoms with van der Waals surface area (Å²) in [6.07, 6.45) is -0.549. The topological polar surface area (TPSA) is 85.3 Å². The zero-order chi connectivity index (χ0) is 24.1. The van der Waals surface area contributed by atoms with Crippen LogP contribution >= 0.6 is 11.6 Å². The number of hydrogen-bond acceptors (Lipinski definition) is 6. The lowest BCUT2D eigenvalue weighted by Crippen LogP contribution is -2.57. The van der Waals surface area contributed by atoms with Gasteiger partial charge < -0.3 is 25.0 Å². The summed E-state index contributed by atoms with van der Waals surface area (Å²) in [6.45, 7) is 0.138. The number of nitrogens with zero attached hydrogens (tertiary/aromatic N) is 3. The lowest BCUT2D eigenvalue weighted by Gasteiger charge is -2.42. The number of carbonyl (C=O) groups excluding carboxylic acids is 2. The molecule has 0 aromatic heterocycles. The molecule has 0 bridgehead atoms. The molecular formula is C24H29ClN4O4. The summed E-state index contributed by atoms with van der Waals surface area (Å²) < 4.78 is 5.72. The molecule has 0 saturated carbocycles. The third kappa shape index (κ3) is 3.62. The summed E-state index contributed by atoms with van der Waals surface area (Å²) in [7, 11) is 8.72. The number of amides is 2. The summed E-state index contributed by atoms with van der Waals surface area (Å²) in [4.78, 5) is 32.4. The number of fused-ring (bicyclic) bond motifs is 1. The van der Waals surface area contributed by atoms with Crippen LogP contribution in [0.25, 0.3) is 0 Å². The molecule has 2 aromatic carbocycles. The van der Waals surface area contributed by atoms with Gasteiger partial charge >= 0.3 is 0 Å². The zero-order valence-corrected chi connectivity index (χ0v) is 20.2. The monoisotopic (exact) mass is 472 g/mol. The summed E-state index contributed by atoms with van der Waals surface area (Å²) in [5.41, 5.74) is 1.26. The quantitative estimate of drug-likeness (QED) is 0.693. The van der Waals surface area contributed by atoms with Gasteiger partial charge in [0.1, 0.15) is 5.75 Å². The van der Waals surface area contributed by atoms with Crippen LogP contribution in [0.1, 0.15) is 17.5 Å². The van der Waals surface area contributed by atoms with Crippen molar-refractivity contribution in [2.45, 2.75) is 24.1 Å². The molecular weight excluding hydrogens is 444 g/mol. The van der Waals surface area contributed by atoms with Crippen molar-refractivity contribution in [2.75, 3.05) is 52.1 Å². The van der Waals surface area contributed by atoms with E-state index in [9.17, 15) is 14.7 Å². The van der Waals surface area contributed by atoms with E-state index in [4.69, 9.17) is 16.3 Å². The number of ether oxygens (including phenoxy) is 1. The van der Waals surface area contributed by atoms with Crippen LogP contribution in [0, 0.1) is 0 Å². The molecule has 1 unspecified atom stereocenters. The predicted octanol–water partition coefficient (Wildman–Crippen LogP) is 2.13. The smallest absolute Gasteiger partial charge is 0.254 e. The van der Waals surface area contributed by atoms with Gasteiger partial charge in [0.2, 0.25) is 5.91 Å². The Kier molecular flexibility index (Phi) is 6.03. The van der Waals surface area contributed by atoms with Gasteiger partial charge in [-0.1, -0.05) is 11.6 Å². The molecule has 0 spiro atoms. The first-order chi connectivity index (χ1) is 15.6. The summed E-state index contributed by atoms with van der Waals surface area (Å²) in [5, 5.41) is 14.1. The molecule has 1 saturated heterocycles. The van der Waals surface area contributed by atoms with E-state index >= 15 is 0 Å². The molecule has 33 heavy (non-hydrogen) atoms. The van der Waals surface area contributed by atoms with Gasteiger partial charge in [0.05, 0.1) is 19.3 Å². The SMILES string of the molecule is COc1ccc(N(C)C)cc1C1(N2C[C@H](O)C[C@H]2C(=O)N(C)C)C(=O)Nc2ccc(Cl)cc21. The van der Waals surface area contributed by atoms with Crippen molar-refractivity contribution in [3.05, 3.63) is 52.5 Å². The molecule has 1 fully saturated rings. The number of nitrogens with one attached hydrogen (secondary N) is 1. The van der Waals surface area contributed by atoms with Gasteiger partial charge in [-0.25, -0.2) is 0 Å². The van der Waals surface area contributed by atoms with Crippen LogP contribution in [-0.4, -0.2) is 80.7 Å². The van der Waals surface area contributed by atoms with Crippen LogP contribution in [0.2, 0.25) is 5.02 Å². The van der Waals surface area contributed by atoms with Crippen molar-refractivity contribution in [1.82, 2.24) is 9.80 Å². The highest BCUT2D eigenvalue weighted by Crippen LogP contribution is 2.52. The average Bonchev–Trinajstić information content (AvgIpc) is 3.29. The van der Waals surface area contributed by atoms with E-state index in [1.54, 1.807) is 44.3 Å². The fourth-order valence-electron chi connectivity index (χ4n) is 4.94. The number of aliphatic hydroxyl groups is 1. The summed E-state index contributed by atoms with van der Waals surface area (Å²) in [6, 6.07) is 10.1. The maximum atomic E-state index is 14.0. The Labute approximate surface area is 198 Å². The number of hydrogen-bond donors (Lipinski definition) is 2. The fourth-order valence-corrected chi connectivity index (χ4v) is 5.11. The molecule has 2 aliphatic heterocycles. The number of carbonyl (C=O) groups is 2. The predicted molar refractivity (Wildman–Crippen MR) is 128 cm³/mol. The number of anilines is 2. The lowest BCUT2D eigenvalue weighted by molar-refractivity contribution is -0.138. The zero-order valence-electron chi connectivity index (χ0n) is 19.4. The second-order valence-corrected chi connectivity index (χ2v) is 9.36. The van der Waals surface area contributed by atoms with Gasteiger partial charge in [-0.05, 0) is 42.8 Å². The second-order valence-electron chi connectivity index (χ2n) is 8.92. The summed E-state index contributed by atoms with van der Waals surface area (Å²) in [5.74, 6) is -0.00224. The Bertz CT molecular complexity index is 1110. The van der Waals surface area contributed by atoms with Crippen LogP contribution in [0.15, 0.2) is 36.4 Å². The Morgan fingerprint density at radius 2 is 1.91 bits per heavy atom. The molecule has 0 aliphatic carbocycles. The molecule has 0 radical (unpaired) electrons. The van der Waals surface area contributed by atoms with Gasteiger partial charge in [-0.2, -0.15) is 0 Å². The van der Waals surface area contributed by atoms with Gasteiger partial charge in [0.25, 0.3) is 5.91 Å². The maximum absolute atomic E-state index is 14.0. The summed E-state index contributed by atoms with van der Waals surface area (Å²) >= 11 is 6.40. The van der Waals surface area contributed by atoms with Crippen molar-refractivity contribution in [3.8, 4) is 5.75 Å². The molecule has 3 atom stereocenters. The fraction of sp³-hybridized carbons (Fsp3) is 0.417. The first kappa shape index (κ1) is 23.4. The Hall–Kier alpha value is -2.81. The number of aliphatic hydroxyl groups excluding tert-OH is 1. The van der Waals surface area contributed by atoms with Crippen molar-refractivity contribution < 1.29 is 19.4 Å². The van der Waals surface area contributed by atoms with E-state index in [0.29, 0.717) is 27.6 Å². The van der Waals surface area contributed by atoms with Crippen molar-refractivity contribution in [2.24, 2.45) is 0 Å². The average molecular weight is 473 g/mol. The van der Waals surface area contributed by atoms with Crippen LogP contribution in [0.3, 0.4) is 0 Å². The molecule has 9 heteroatoms. The third-order valence-corrected chi connectivity index (χ3v) is 6.71. The van der Waals surface area contributed by atoms with Gasteiger partial charge in [-0.3, -0.25) is 14.5 Å². The van der Waals surface area contributed by atoms with E-state index in [1.807, 2.05) is 37.2 Å². The normalized spacial score (nSPS) is 24.4. The second kappa shape index (κ2) is 8.52. The van der Waals surface area contributed by atoms with Gasteiger partial charge in [-0.15, -0.1) is 0 Å². The Morgan fingerprint density at radius 1 is 1.18 bits per heavy atom. The standard InChI is InChI=1S/C24H29ClN4O4/c1-27(2)15-7-9-21(33-5)18(11-15)24(17-10-14(25)6-8-19(17)26-23(24)32)29-13-16(30)12-20(29)22(31)28(3)4/h6-11,16,20,30H,12-13H2,1-5H3,(H,26,32)/t16-,20+,24?/m1/s1. The number of benzene rings is 2. The van der Waals surface area contributed by atoms with E-state index in [2.05, 4.69) is 5.32 Å². The van der Waals surface area contributed by atoms with Crippen LogP contribution in [0.5, 0.6) is 5.75 Å². The highest BCUT2D eigenvalue weighted by molar-refractivity contribution is 6.31. The number of β-amino-alcohol motifs (C(OH)–C–C–N with tert-alkyl or cyclic N) is 1. The van der Waals surface area contributed by atoms with Crippen LogP contribution < -0.4 is 15.0 Å². The largest absolute Gasteiger partial charge is 0.496 e. The molecule has 2 N–H and O–H groups in total. The Balaban J connectivity index is 2.07. The molecule has 2 aliphatic rings. The van der Waals surface area contributed by atoms with Gasteiger partial charge in [0.15, 0.2) is 5.54 Å². The lowest BCUT2D eigenvalue weighted by atomic mass is 9.80. The molecule has 2 amide bonds. The number of methoxy groups -OCH3 is 1. The van der Waals surface area contributed by atoms with Crippen molar-refractivity contribution in [1.29, 1.82) is 0 Å². The molecule has 2 aromatic rings. The van der Waals surface area contributed by atoms with Gasteiger partial charge in [0, 0.05) is 62.3 Å². The van der Waals surface area contributed by atoms with Crippen LogP contribution in [0.4, 0.5) is 11.4 Å². The molecule has 2 heterocycles.